The molecular weight excluding hydrogens is 136 g/mol. The van der Waals surface area contributed by atoms with E-state index < -0.39 is 0 Å². The van der Waals surface area contributed by atoms with Crippen LogP contribution < -0.4 is 11.1 Å². The Balaban J connectivity index is 3.21. The fourth-order valence-electron chi connectivity index (χ4n) is 1.24. The van der Waals surface area contributed by atoms with Crippen molar-refractivity contribution in [2.45, 2.75) is 51.6 Å². The molecule has 0 saturated carbocycles. The Morgan fingerprint density at radius 1 is 1.36 bits per heavy atom. The van der Waals surface area contributed by atoms with Gasteiger partial charge < -0.3 is 11.1 Å². The molecule has 0 aliphatic carbocycles. The third-order valence-corrected chi connectivity index (χ3v) is 2.11. The van der Waals surface area contributed by atoms with Crippen molar-refractivity contribution in [1.82, 2.24) is 5.32 Å². The molecule has 2 heteroatoms. The van der Waals surface area contributed by atoms with E-state index in [-0.39, 0.29) is 0 Å². The van der Waals surface area contributed by atoms with Crippen LogP contribution >= 0.6 is 0 Å². The van der Waals surface area contributed by atoms with Crippen molar-refractivity contribution in [2.75, 3.05) is 7.05 Å². The summed E-state index contributed by atoms with van der Waals surface area (Å²) >= 11 is 0. The summed E-state index contributed by atoms with van der Waals surface area (Å²) in [6.45, 7) is 4.29. The molecule has 0 bridgehead atoms. The zero-order valence-corrected chi connectivity index (χ0v) is 8.06. The summed E-state index contributed by atoms with van der Waals surface area (Å²) in [4.78, 5) is 0. The molecule has 11 heavy (non-hydrogen) atoms. The zero-order valence-electron chi connectivity index (χ0n) is 8.06. The number of nitrogens with two attached hydrogens (primary N) is 1. The molecule has 0 aliphatic rings. The SMILES string of the molecule is CCC(CCC[C@H](C)N)NC. The lowest BCUT2D eigenvalue weighted by Gasteiger charge is -2.13. The maximum Gasteiger partial charge on any atom is 0.00614 e. The molecule has 0 heterocycles. The Bertz CT molecular complexity index is 77.6. The Morgan fingerprint density at radius 2 is 2.00 bits per heavy atom. The number of hydrogen-bond acceptors (Lipinski definition) is 2. The van der Waals surface area contributed by atoms with Crippen LogP contribution in [0.5, 0.6) is 0 Å². The van der Waals surface area contributed by atoms with E-state index in [1.165, 1.54) is 19.3 Å². The van der Waals surface area contributed by atoms with Gasteiger partial charge in [-0.25, -0.2) is 0 Å². The highest BCUT2D eigenvalue weighted by Gasteiger charge is 2.02. The van der Waals surface area contributed by atoms with Gasteiger partial charge in [-0.15, -0.1) is 0 Å². The molecule has 0 amide bonds. The van der Waals surface area contributed by atoms with Gasteiger partial charge in [0.05, 0.1) is 0 Å². The molecule has 2 nitrogen and oxygen atoms in total. The van der Waals surface area contributed by atoms with E-state index in [1.54, 1.807) is 0 Å². The van der Waals surface area contributed by atoms with Gasteiger partial charge in [0.2, 0.25) is 0 Å². The molecule has 2 atom stereocenters. The smallest absolute Gasteiger partial charge is 0.00614 e. The van der Waals surface area contributed by atoms with Crippen LogP contribution in [0.4, 0.5) is 0 Å². The first-order chi connectivity index (χ1) is 5.20. The van der Waals surface area contributed by atoms with Gasteiger partial charge in [0.1, 0.15) is 0 Å². The summed E-state index contributed by atoms with van der Waals surface area (Å²) < 4.78 is 0. The fraction of sp³-hybridized carbons (Fsp3) is 1.00. The largest absolute Gasteiger partial charge is 0.328 e. The highest BCUT2D eigenvalue weighted by atomic mass is 14.9. The van der Waals surface area contributed by atoms with Gasteiger partial charge in [-0.2, -0.15) is 0 Å². The molecule has 0 aromatic carbocycles. The maximum atomic E-state index is 5.64. The number of hydrogen-bond donors (Lipinski definition) is 2. The molecule has 0 spiro atoms. The van der Waals surface area contributed by atoms with Gasteiger partial charge in [0.15, 0.2) is 0 Å². The van der Waals surface area contributed by atoms with Gasteiger partial charge in [0.25, 0.3) is 0 Å². The lowest BCUT2D eigenvalue weighted by molar-refractivity contribution is 0.469. The monoisotopic (exact) mass is 158 g/mol. The first-order valence-corrected chi connectivity index (χ1v) is 4.63. The summed E-state index contributed by atoms with van der Waals surface area (Å²) in [6, 6.07) is 1.05. The van der Waals surface area contributed by atoms with Crippen molar-refractivity contribution in [2.24, 2.45) is 5.73 Å². The van der Waals surface area contributed by atoms with Crippen molar-refractivity contribution in [1.29, 1.82) is 0 Å². The third kappa shape index (κ3) is 6.32. The van der Waals surface area contributed by atoms with Crippen LogP contribution in [0, 0.1) is 0 Å². The molecule has 3 N–H and O–H groups in total. The third-order valence-electron chi connectivity index (χ3n) is 2.11. The Morgan fingerprint density at radius 3 is 2.36 bits per heavy atom. The predicted octanol–water partition coefficient (Wildman–Crippen LogP) is 1.50. The summed E-state index contributed by atoms with van der Waals surface area (Å²) in [7, 11) is 2.03. The summed E-state index contributed by atoms with van der Waals surface area (Å²) in [5.74, 6) is 0. The van der Waals surface area contributed by atoms with Gasteiger partial charge in [-0.3, -0.25) is 0 Å². The highest BCUT2D eigenvalue weighted by molar-refractivity contribution is 4.63. The van der Waals surface area contributed by atoms with Crippen LogP contribution in [0.2, 0.25) is 0 Å². The molecule has 0 aromatic rings. The van der Waals surface area contributed by atoms with E-state index in [4.69, 9.17) is 5.73 Å². The highest BCUT2D eigenvalue weighted by Crippen LogP contribution is 2.04. The quantitative estimate of drug-likeness (QED) is 0.615. The topological polar surface area (TPSA) is 38.0 Å². The molecule has 0 fully saturated rings. The summed E-state index contributed by atoms with van der Waals surface area (Å²) in [6.07, 6.45) is 4.87. The number of nitrogens with one attached hydrogen (secondary N) is 1. The van der Waals surface area contributed by atoms with E-state index >= 15 is 0 Å². The second kappa shape index (κ2) is 6.62. The van der Waals surface area contributed by atoms with Crippen LogP contribution in [0.15, 0.2) is 0 Å². The van der Waals surface area contributed by atoms with Crippen molar-refractivity contribution >= 4 is 0 Å². The molecule has 0 aliphatic heterocycles. The van der Waals surface area contributed by atoms with Gasteiger partial charge in [-0.1, -0.05) is 13.3 Å². The van der Waals surface area contributed by atoms with E-state index in [0.717, 1.165) is 6.42 Å². The van der Waals surface area contributed by atoms with Crippen LogP contribution in [-0.4, -0.2) is 19.1 Å². The summed E-state index contributed by atoms with van der Waals surface area (Å²) in [5, 5.41) is 3.28. The average Bonchev–Trinajstić information content (AvgIpc) is 1.98. The van der Waals surface area contributed by atoms with E-state index in [2.05, 4.69) is 19.2 Å². The minimum absolute atomic E-state index is 0.365. The second-order valence-corrected chi connectivity index (χ2v) is 3.30. The standard InChI is InChI=1S/C9H22N2/c1-4-9(11-3)7-5-6-8(2)10/h8-9,11H,4-7,10H2,1-3H3/t8-,9?/m0/s1. The molecule has 0 aromatic heterocycles. The first kappa shape index (κ1) is 10.9. The van der Waals surface area contributed by atoms with Crippen LogP contribution in [0.3, 0.4) is 0 Å². The van der Waals surface area contributed by atoms with Crippen molar-refractivity contribution in [3.63, 3.8) is 0 Å². The van der Waals surface area contributed by atoms with E-state index in [9.17, 15) is 0 Å². The van der Waals surface area contributed by atoms with Crippen molar-refractivity contribution < 1.29 is 0 Å². The lowest BCUT2D eigenvalue weighted by atomic mass is 10.1. The van der Waals surface area contributed by atoms with Crippen LogP contribution in [0.25, 0.3) is 0 Å². The second-order valence-electron chi connectivity index (χ2n) is 3.30. The predicted molar refractivity (Wildman–Crippen MR) is 50.6 cm³/mol. The maximum absolute atomic E-state index is 5.64. The van der Waals surface area contributed by atoms with Crippen LogP contribution in [-0.2, 0) is 0 Å². The van der Waals surface area contributed by atoms with E-state index in [1.807, 2.05) is 7.05 Å². The molecule has 1 unspecified atom stereocenters. The minimum atomic E-state index is 0.365. The Labute approximate surface area is 70.5 Å². The lowest BCUT2D eigenvalue weighted by Crippen LogP contribution is -2.24. The van der Waals surface area contributed by atoms with Crippen molar-refractivity contribution in [3.8, 4) is 0 Å². The normalized spacial score (nSPS) is 16.4. The minimum Gasteiger partial charge on any atom is -0.328 e. The van der Waals surface area contributed by atoms with Crippen LogP contribution in [0.1, 0.15) is 39.5 Å². The average molecular weight is 158 g/mol. The number of rotatable bonds is 6. The molecule has 0 rings (SSSR count). The van der Waals surface area contributed by atoms with E-state index in [0.29, 0.717) is 12.1 Å². The van der Waals surface area contributed by atoms with Gasteiger partial charge in [0, 0.05) is 12.1 Å². The summed E-state index contributed by atoms with van der Waals surface area (Å²) in [5.41, 5.74) is 5.64. The molecule has 0 radical (unpaired) electrons. The fourth-order valence-corrected chi connectivity index (χ4v) is 1.24. The molecular formula is C9H22N2. The van der Waals surface area contributed by atoms with Gasteiger partial charge in [-0.05, 0) is 33.2 Å². The Hall–Kier alpha value is -0.0800. The molecule has 0 saturated heterocycles. The first-order valence-electron chi connectivity index (χ1n) is 4.63. The Kier molecular flexibility index (Phi) is 6.57. The van der Waals surface area contributed by atoms with Crippen molar-refractivity contribution in [3.05, 3.63) is 0 Å². The zero-order chi connectivity index (χ0) is 8.69. The molecule has 68 valence electrons. The van der Waals surface area contributed by atoms with Gasteiger partial charge >= 0.3 is 0 Å².